The Morgan fingerprint density at radius 1 is 1.75 bits per heavy atom. The van der Waals surface area contributed by atoms with E-state index in [-0.39, 0.29) is 5.91 Å². The van der Waals surface area contributed by atoms with Crippen molar-refractivity contribution in [3.8, 4) is 0 Å². The second kappa shape index (κ2) is 4.59. The number of rotatable bonds is 3. The van der Waals surface area contributed by atoms with Gasteiger partial charge in [0.2, 0.25) is 5.91 Å². The third kappa shape index (κ3) is 2.78. The van der Waals surface area contributed by atoms with Gasteiger partial charge in [-0.25, -0.2) is 0 Å². The summed E-state index contributed by atoms with van der Waals surface area (Å²) in [7, 11) is 1.66. The van der Waals surface area contributed by atoms with E-state index < -0.39 is 0 Å². The molecule has 66 valence electrons. The van der Waals surface area contributed by atoms with Crippen LogP contribution in [-0.2, 0) is 4.79 Å². The van der Waals surface area contributed by atoms with Crippen molar-refractivity contribution in [2.24, 2.45) is 0 Å². The second-order valence-corrected chi connectivity index (χ2v) is 2.69. The van der Waals surface area contributed by atoms with Crippen molar-refractivity contribution >= 4 is 5.91 Å². The van der Waals surface area contributed by atoms with E-state index in [9.17, 15) is 4.79 Å². The lowest BCUT2D eigenvalue weighted by Crippen LogP contribution is -2.17. The third-order valence-electron chi connectivity index (χ3n) is 1.82. The summed E-state index contributed by atoms with van der Waals surface area (Å²) in [5.41, 5.74) is 1.23. The minimum atomic E-state index is 0.0998. The Morgan fingerprint density at radius 3 is 3.17 bits per heavy atom. The first kappa shape index (κ1) is 8.84. The quantitative estimate of drug-likeness (QED) is 0.643. The molecular formula is C9H14N2O. The molecule has 0 saturated carbocycles. The van der Waals surface area contributed by atoms with E-state index in [1.165, 1.54) is 5.57 Å². The predicted octanol–water partition coefficient (Wildman–Crippen LogP) is 0.556. The van der Waals surface area contributed by atoms with Crippen molar-refractivity contribution < 1.29 is 4.79 Å². The molecule has 0 aromatic carbocycles. The molecule has 0 spiro atoms. The van der Waals surface area contributed by atoms with Crippen LogP contribution in [0, 0.1) is 0 Å². The Morgan fingerprint density at radius 2 is 2.58 bits per heavy atom. The molecule has 0 aliphatic carbocycles. The minimum Gasteiger partial charge on any atom is -0.387 e. The number of hydrogen-bond donors (Lipinski definition) is 2. The lowest BCUT2D eigenvalue weighted by molar-refractivity contribution is -0.120. The topological polar surface area (TPSA) is 41.1 Å². The van der Waals surface area contributed by atoms with Crippen molar-refractivity contribution in [1.29, 1.82) is 0 Å². The molecule has 12 heavy (non-hydrogen) atoms. The highest BCUT2D eigenvalue weighted by Gasteiger charge is 2.00. The molecular weight excluding hydrogens is 152 g/mol. The van der Waals surface area contributed by atoms with Crippen molar-refractivity contribution in [2.45, 2.75) is 12.8 Å². The summed E-state index contributed by atoms with van der Waals surface area (Å²) in [6.45, 7) is 0.875. The monoisotopic (exact) mass is 166 g/mol. The summed E-state index contributed by atoms with van der Waals surface area (Å²) in [4.78, 5) is 10.9. The Bertz CT molecular complexity index is 219. The molecule has 1 heterocycles. The second-order valence-electron chi connectivity index (χ2n) is 2.69. The highest BCUT2D eigenvalue weighted by molar-refractivity contribution is 5.75. The van der Waals surface area contributed by atoms with E-state index >= 15 is 0 Å². The molecule has 3 nitrogen and oxygen atoms in total. The largest absolute Gasteiger partial charge is 0.387 e. The molecule has 0 bridgehead atoms. The smallest absolute Gasteiger partial charge is 0.220 e. The Labute approximate surface area is 72.5 Å². The van der Waals surface area contributed by atoms with Crippen LogP contribution < -0.4 is 10.6 Å². The molecule has 1 rings (SSSR count). The van der Waals surface area contributed by atoms with Crippen molar-refractivity contribution in [3.05, 3.63) is 23.9 Å². The maximum Gasteiger partial charge on any atom is 0.220 e. The van der Waals surface area contributed by atoms with Crippen LogP contribution in [-0.4, -0.2) is 19.5 Å². The zero-order valence-electron chi connectivity index (χ0n) is 7.26. The van der Waals surface area contributed by atoms with Gasteiger partial charge in [-0.3, -0.25) is 4.79 Å². The van der Waals surface area contributed by atoms with Crippen LogP contribution in [0.1, 0.15) is 12.8 Å². The van der Waals surface area contributed by atoms with E-state index in [1.807, 2.05) is 12.3 Å². The van der Waals surface area contributed by atoms with E-state index in [2.05, 4.69) is 16.7 Å². The standard InChI is InChI=1S/C9H14N2O/c1-10-9(12)3-2-8-4-6-11-7-5-8/h4-6,11H,2-3,7H2,1H3,(H,10,12). The van der Waals surface area contributed by atoms with Gasteiger partial charge < -0.3 is 10.6 Å². The normalized spacial score (nSPS) is 14.9. The Balaban J connectivity index is 2.27. The van der Waals surface area contributed by atoms with Gasteiger partial charge in [-0.2, -0.15) is 0 Å². The molecule has 0 atom stereocenters. The van der Waals surface area contributed by atoms with Crippen LogP contribution in [0.5, 0.6) is 0 Å². The fourth-order valence-electron chi connectivity index (χ4n) is 1.06. The molecule has 1 aliphatic rings. The lowest BCUT2D eigenvalue weighted by atomic mass is 10.1. The van der Waals surface area contributed by atoms with Gasteiger partial charge >= 0.3 is 0 Å². The molecule has 0 aromatic rings. The molecule has 2 N–H and O–H groups in total. The summed E-state index contributed by atoms with van der Waals surface area (Å²) in [6, 6.07) is 0. The predicted molar refractivity (Wildman–Crippen MR) is 48.5 cm³/mol. The van der Waals surface area contributed by atoms with Crippen LogP contribution in [0.2, 0.25) is 0 Å². The number of allylic oxidation sites excluding steroid dienone is 2. The first-order valence-corrected chi connectivity index (χ1v) is 4.12. The lowest BCUT2D eigenvalue weighted by Gasteiger charge is -2.07. The van der Waals surface area contributed by atoms with Crippen LogP contribution in [0.3, 0.4) is 0 Å². The van der Waals surface area contributed by atoms with Gasteiger partial charge in [-0.1, -0.05) is 6.08 Å². The zero-order chi connectivity index (χ0) is 8.81. The number of dihydropyridines is 1. The van der Waals surface area contributed by atoms with Gasteiger partial charge in [0.15, 0.2) is 0 Å². The summed E-state index contributed by atoms with van der Waals surface area (Å²) in [5, 5.41) is 5.66. The minimum absolute atomic E-state index is 0.0998. The van der Waals surface area contributed by atoms with Crippen molar-refractivity contribution in [2.75, 3.05) is 13.6 Å². The molecule has 0 unspecified atom stereocenters. The summed E-state index contributed by atoms with van der Waals surface area (Å²) in [6.07, 6.45) is 7.43. The summed E-state index contributed by atoms with van der Waals surface area (Å²) in [5.74, 6) is 0.0998. The molecule has 3 heteroatoms. The van der Waals surface area contributed by atoms with E-state index in [4.69, 9.17) is 0 Å². The SMILES string of the molecule is CNC(=O)CCC1=CCNC=C1. The van der Waals surface area contributed by atoms with Gasteiger partial charge in [-0.15, -0.1) is 0 Å². The number of carbonyl (C=O) groups excluding carboxylic acids is 1. The fourth-order valence-corrected chi connectivity index (χ4v) is 1.06. The van der Waals surface area contributed by atoms with Crippen LogP contribution in [0.25, 0.3) is 0 Å². The first-order chi connectivity index (χ1) is 5.83. The van der Waals surface area contributed by atoms with E-state index in [1.54, 1.807) is 7.05 Å². The van der Waals surface area contributed by atoms with Gasteiger partial charge in [0.05, 0.1) is 0 Å². The summed E-state index contributed by atoms with van der Waals surface area (Å²) < 4.78 is 0. The number of carbonyl (C=O) groups is 1. The average molecular weight is 166 g/mol. The number of amides is 1. The maximum absolute atomic E-state index is 10.9. The van der Waals surface area contributed by atoms with Crippen molar-refractivity contribution in [1.82, 2.24) is 10.6 Å². The third-order valence-corrected chi connectivity index (χ3v) is 1.82. The summed E-state index contributed by atoms with van der Waals surface area (Å²) >= 11 is 0. The Hall–Kier alpha value is -1.25. The highest BCUT2D eigenvalue weighted by atomic mass is 16.1. The maximum atomic E-state index is 10.9. The number of hydrogen-bond acceptors (Lipinski definition) is 2. The average Bonchev–Trinajstić information content (AvgIpc) is 2.16. The molecule has 1 aliphatic heterocycles. The van der Waals surface area contributed by atoms with Gasteiger partial charge in [0.1, 0.15) is 0 Å². The van der Waals surface area contributed by atoms with Crippen molar-refractivity contribution in [3.63, 3.8) is 0 Å². The first-order valence-electron chi connectivity index (χ1n) is 4.12. The fraction of sp³-hybridized carbons (Fsp3) is 0.444. The molecule has 0 saturated heterocycles. The molecule has 1 amide bonds. The van der Waals surface area contributed by atoms with Crippen LogP contribution in [0.4, 0.5) is 0 Å². The van der Waals surface area contributed by atoms with E-state index in [0.717, 1.165) is 13.0 Å². The zero-order valence-corrected chi connectivity index (χ0v) is 7.26. The van der Waals surface area contributed by atoms with Crippen LogP contribution >= 0.6 is 0 Å². The van der Waals surface area contributed by atoms with E-state index in [0.29, 0.717) is 6.42 Å². The Kier molecular flexibility index (Phi) is 3.38. The molecule has 0 aromatic heterocycles. The molecule has 0 fully saturated rings. The van der Waals surface area contributed by atoms with Gasteiger partial charge in [-0.05, 0) is 24.3 Å². The van der Waals surface area contributed by atoms with Crippen LogP contribution in [0.15, 0.2) is 23.9 Å². The molecule has 0 radical (unpaired) electrons. The van der Waals surface area contributed by atoms with Gasteiger partial charge in [0.25, 0.3) is 0 Å². The van der Waals surface area contributed by atoms with Gasteiger partial charge in [0, 0.05) is 20.0 Å². The number of nitrogens with one attached hydrogen (secondary N) is 2. The highest BCUT2D eigenvalue weighted by Crippen LogP contribution is 2.07.